The Morgan fingerprint density at radius 1 is 1.00 bits per heavy atom. The summed E-state index contributed by atoms with van der Waals surface area (Å²) in [6.45, 7) is 0. The molecule has 4 nitrogen and oxygen atoms in total. The molecule has 20 heavy (non-hydrogen) atoms. The summed E-state index contributed by atoms with van der Waals surface area (Å²) in [5.74, 6) is 1.20. The number of hydrogen-bond acceptors (Lipinski definition) is 4. The van der Waals surface area contributed by atoms with E-state index >= 15 is 0 Å². The average molecular weight is 330 g/mol. The predicted molar refractivity (Wildman–Crippen MR) is 80.0 cm³/mol. The second-order valence-electron chi connectivity index (χ2n) is 4.02. The van der Waals surface area contributed by atoms with E-state index in [4.69, 9.17) is 49.8 Å². The van der Waals surface area contributed by atoms with E-state index in [1.165, 1.54) is 0 Å². The van der Waals surface area contributed by atoms with Crippen molar-refractivity contribution in [3.63, 3.8) is 0 Å². The maximum atomic E-state index is 6.14. The van der Waals surface area contributed by atoms with Crippen LogP contribution in [-0.4, -0.2) is 5.16 Å². The van der Waals surface area contributed by atoms with Gasteiger partial charge < -0.3 is 15.0 Å². The second kappa shape index (κ2) is 5.05. The first-order valence-corrected chi connectivity index (χ1v) is 6.65. The molecule has 102 valence electrons. The van der Waals surface area contributed by atoms with Gasteiger partial charge in [-0.1, -0.05) is 40.0 Å². The van der Waals surface area contributed by atoms with Crippen molar-refractivity contribution in [1.29, 1.82) is 0 Å². The molecule has 0 aliphatic carbocycles. The molecular weight excluding hydrogens is 323 g/mol. The number of hydrogen-bond donors (Lipinski definition) is 1. The number of nitrogens with zero attached hydrogens (tertiary/aromatic N) is 1. The SMILES string of the molecule is Nc1noc2cc(Oc3ccc(Cl)c(Cl)c3)c(Cl)cc12. The Labute approximate surface area is 128 Å². The minimum Gasteiger partial charge on any atom is -0.456 e. The number of anilines is 1. The van der Waals surface area contributed by atoms with Crippen molar-refractivity contribution in [2.24, 2.45) is 0 Å². The summed E-state index contributed by atoms with van der Waals surface area (Å²) in [7, 11) is 0. The predicted octanol–water partition coefficient (Wildman–Crippen LogP) is 5.16. The van der Waals surface area contributed by atoms with Gasteiger partial charge in [0.2, 0.25) is 0 Å². The van der Waals surface area contributed by atoms with Gasteiger partial charge in [0, 0.05) is 12.1 Å². The van der Waals surface area contributed by atoms with Crippen molar-refractivity contribution in [3.05, 3.63) is 45.4 Å². The lowest BCUT2D eigenvalue weighted by molar-refractivity contribution is 0.454. The van der Waals surface area contributed by atoms with E-state index in [1.807, 2.05) is 0 Å². The molecule has 7 heteroatoms. The Morgan fingerprint density at radius 2 is 1.80 bits per heavy atom. The van der Waals surface area contributed by atoms with E-state index in [-0.39, 0.29) is 5.82 Å². The molecule has 0 atom stereocenters. The van der Waals surface area contributed by atoms with Crippen molar-refractivity contribution in [2.75, 3.05) is 5.73 Å². The van der Waals surface area contributed by atoms with Crippen LogP contribution in [0.4, 0.5) is 5.82 Å². The largest absolute Gasteiger partial charge is 0.456 e. The number of aromatic nitrogens is 1. The maximum Gasteiger partial charge on any atom is 0.174 e. The van der Waals surface area contributed by atoms with Gasteiger partial charge in [0.25, 0.3) is 0 Å². The van der Waals surface area contributed by atoms with Gasteiger partial charge in [0.15, 0.2) is 11.4 Å². The standard InChI is InChI=1S/C13H7Cl3N2O2/c14-8-2-1-6(3-9(8)15)19-12-5-11-7(4-10(12)16)13(17)18-20-11/h1-5H,(H2,17,18). The molecule has 0 fully saturated rings. The highest BCUT2D eigenvalue weighted by Gasteiger charge is 2.12. The average Bonchev–Trinajstić information content (AvgIpc) is 2.76. The molecule has 0 aliphatic heterocycles. The first-order chi connectivity index (χ1) is 9.54. The normalized spacial score (nSPS) is 10.9. The Kier molecular flexibility index (Phi) is 3.38. The molecule has 3 aromatic rings. The third-order valence-electron chi connectivity index (χ3n) is 2.67. The molecule has 0 radical (unpaired) electrons. The van der Waals surface area contributed by atoms with E-state index in [0.29, 0.717) is 37.5 Å². The minimum absolute atomic E-state index is 0.281. The van der Waals surface area contributed by atoms with Crippen molar-refractivity contribution < 1.29 is 9.26 Å². The van der Waals surface area contributed by atoms with Gasteiger partial charge in [-0.2, -0.15) is 0 Å². The van der Waals surface area contributed by atoms with Gasteiger partial charge in [0.1, 0.15) is 11.5 Å². The lowest BCUT2D eigenvalue weighted by atomic mass is 10.2. The van der Waals surface area contributed by atoms with Crippen LogP contribution in [-0.2, 0) is 0 Å². The molecule has 0 spiro atoms. The molecule has 1 heterocycles. The molecule has 0 amide bonds. The van der Waals surface area contributed by atoms with E-state index in [2.05, 4.69) is 5.16 Å². The zero-order chi connectivity index (χ0) is 14.3. The molecule has 3 rings (SSSR count). The Hall–Kier alpha value is -1.62. The van der Waals surface area contributed by atoms with Crippen LogP contribution in [0, 0.1) is 0 Å². The number of rotatable bonds is 2. The number of fused-ring (bicyclic) bond motifs is 1. The first-order valence-electron chi connectivity index (χ1n) is 5.52. The maximum absolute atomic E-state index is 6.14. The summed E-state index contributed by atoms with van der Waals surface area (Å²) >= 11 is 17.9. The molecule has 2 aromatic carbocycles. The van der Waals surface area contributed by atoms with Gasteiger partial charge >= 0.3 is 0 Å². The quantitative estimate of drug-likeness (QED) is 0.705. The van der Waals surface area contributed by atoms with Crippen LogP contribution in [0.1, 0.15) is 0 Å². The van der Waals surface area contributed by atoms with Gasteiger partial charge in [-0.15, -0.1) is 0 Å². The number of halogens is 3. The molecule has 0 unspecified atom stereocenters. The molecule has 0 aliphatic rings. The number of benzene rings is 2. The molecule has 1 aromatic heterocycles. The molecule has 0 bridgehead atoms. The van der Waals surface area contributed by atoms with Crippen LogP contribution in [0.5, 0.6) is 11.5 Å². The fourth-order valence-corrected chi connectivity index (χ4v) is 2.19. The summed E-state index contributed by atoms with van der Waals surface area (Å²) in [4.78, 5) is 0. The third kappa shape index (κ3) is 2.38. The Bertz CT molecular complexity index is 802. The number of nitrogen functional groups attached to an aromatic ring is 1. The fraction of sp³-hybridized carbons (Fsp3) is 0. The van der Waals surface area contributed by atoms with E-state index in [1.54, 1.807) is 30.3 Å². The van der Waals surface area contributed by atoms with Gasteiger partial charge in [-0.3, -0.25) is 0 Å². The summed E-state index contributed by atoms with van der Waals surface area (Å²) in [5, 5.41) is 5.53. The van der Waals surface area contributed by atoms with Crippen molar-refractivity contribution in [3.8, 4) is 11.5 Å². The lowest BCUT2D eigenvalue weighted by Crippen LogP contribution is -1.87. The van der Waals surface area contributed by atoms with Gasteiger partial charge in [-0.25, -0.2) is 0 Å². The summed E-state index contributed by atoms with van der Waals surface area (Å²) in [6, 6.07) is 8.17. The topological polar surface area (TPSA) is 61.3 Å². The van der Waals surface area contributed by atoms with Crippen LogP contribution >= 0.6 is 34.8 Å². The minimum atomic E-state index is 0.281. The van der Waals surface area contributed by atoms with Gasteiger partial charge in [0.05, 0.1) is 20.5 Å². The van der Waals surface area contributed by atoms with Crippen LogP contribution in [0.2, 0.25) is 15.1 Å². The van der Waals surface area contributed by atoms with Gasteiger partial charge in [-0.05, 0) is 18.2 Å². The fourth-order valence-electron chi connectivity index (χ4n) is 1.70. The van der Waals surface area contributed by atoms with E-state index in [0.717, 1.165) is 0 Å². The Morgan fingerprint density at radius 3 is 2.55 bits per heavy atom. The molecule has 0 saturated carbocycles. The zero-order valence-electron chi connectivity index (χ0n) is 9.86. The number of nitrogens with two attached hydrogens (primary N) is 1. The van der Waals surface area contributed by atoms with Crippen LogP contribution in [0.3, 0.4) is 0 Å². The summed E-state index contributed by atoms with van der Waals surface area (Å²) < 4.78 is 10.7. The third-order valence-corrected chi connectivity index (χ3v) is 3.71. The summed E-state index contributed by atoms with van der Waals surface area (Å²) in [6.07, 6.45) is 0. The first kappa shape index (κ1) is 13.4. The van der Waals surface area contributed by atoms with Crippen molar-refractivity contribution >= 4 is 51.6 Å². The van der Waals surface area contributed by atoms with Crippen molar-refractivity contribution in [1.82, 2.24) is 5.16 Å². The lowest BCUT2D eigenvalue weighted by Gasteiger charge is -2.08. The van der Waals surface area contributed by atoms with Crippen LogP contribution in [0.15, 0.2) is 34.9 Å². The van der Waals surface area contributed by atoms with Crippen LogP contribution < -0.4 is 10.5 Å². The Balaban J connectivity index is 2.01. The van der Waals surface area contributed by atoms with Crippen LogP contribution in [0.25, 0.3) is 11.0 Å². The molecular formula is C13H7Cl3N2O2. The van der Waals surface area contributed by atoms with E-state index in [9.17, 15) is 0 Å². The van der Waals surface area contributed by atoms with Crippen molar-refractivity contribution in [2.45, 2.75) is 0 Å². The second-order valence-corrected chi connectivity index (χ2v) is 5.25. The molecule has 2 N–H and O–H groups in total. The molecule has 0 saturated heterocycles. The highest BCUT2D eigenvalue weighted by atomic mass is 35.5. The monoisotopic (exact) mass is 328 g/mol. The summed E-state index contributed by atoms with van der Waals surface area (Å²) in [5.41, 5.74) is 6.14. The van der Waals surface area contributed by atoms with E-state index < -0.39 is 0 Å². The highest BCUT2D eigenvalue weighted by molar-refractivity contribution is 6.42. The number of ether oxygens (including phenoxy) is 1. The highest BCUT2D eigenvalue weighted by Crippen LogP contribution is 2.36. The zero-order valence-corrected chi connectivity index (χ0v) is 12.1. The smallest absolute Gasteiger partial charge is 0.174 e.